The number of nitrogens with one attached hydrogen (secondary N) is 2. The van der Waals surface area contributed by atoms with Gasteiger partial charge in [-0.25, -0.2) is 5.43 Å². The summed E-state index contributed by atoms with van der Waals surface area (Å²) in [5.74, 6) is 0. The molecule has 5 heteroatoms. The predicted octanol–water partition coefficient (Wildman–Crippen LogP) is 3.59. The van der Waals surface area contributed by atoms with Gasteiger partial charge in [0.15, 0.2) is 5.11 Å². The van der Waals surface area contributed by atoms with Gasteiger partial charge in [-0.3, -0.25) is 5.01 Å². The number of anilines is 1. The van der Waals surface area contributed by atoms with Gasteiger partial charge in [-0.2, -0.15) is 0 Å². The second kappa shape index (κ2) is 5.27. The maximum atomic E-state index is 5.93. The lowest BCUT2D eigenvalue weighted by atomic mass is 10.0. The second-order valence-electron chi connectivity index (χ2n) is 5.35. The number of nitrogens with zero attached hydrogens (tertiary/aromatic N) is 1. The summed E-state index contributed by atoms with van der Waals surface area (Å²) in [6.45, 7) is 0. The van der Waals surface area contributed by atoms with Gasteiger partial charge in [0.25, 0.3) is 0 Å². The standard InChI is InChI=1S/C14H18ClN3S/c15-11-5-7-12(8-6-11)18-13(19)16-14(17-18)9-3-1-2-4-10-14/h5-8,17H,1-4,9-10H2,(H,16,19). The van der Waals surface area contributed by atoms with Gasteiger partial charge in [0.2, 0.25) is 0 Å². The summed E-state index contributed by atoms with van der Waals surface area (Å²) < 4.78 is 0. The van der Waals surface area contributed by atoms with Gasteiger partial charge in [-0.15, -0.1) is 0 Å². The van der Waals surface area contributed by atoms with Crippen LogP contribution in [-0.2, 0) is 0 Å². The lowest BCUT2D eigenvalue weighted by Gasteiger charge is -2.28. The van der Waals surface area contributed by atoms with Crippen molar-refractivity contribution in [2.45, 2.75) is 44.2 Å². The van der Waals surface area contributed by atoms with Crippen molar-refractivity contribution in [3.05, 3.63) is 29.3 Å². The van der Waals surface area contributed by atoms with Crippen molar-refractivity contribution in [1.29, 1.82) is 0 Å². The van der Waals surface area contributed by atoms with Gasteiger partial charge >= 0.3 is 0 Å². The number of thiocarbonyl (C=S) groups is 1. The molecule has 2 fully saturated rings. The Bertz CT molecular complexity index is 466. The van der Waals surface area contributed by atoms with Crippen LogP contribution in [-0.4, -0.2) is 10.8 Å². The average molecular weight is 296 g/mol. The molecule has 0 bridgehead atoms. The Morgan fingerprint density at radius 1 is 1.05 bits per heavy atom. The van der Waals surface area contributed by atoms with Crippen molar-refractivity contribution in [3.63, 3.8) is 0 Å². The maximum Gasteiger partial charge on any atom is 0.189 e. The number of hydrogen-bond donors (Lipinski definition) is 2. The lowest BCUT2D eigenvalue weighted by Crippen LogP contribution is -2.50. The Balaban J connectivity index is 1.81. The van der Waals surface area contributed by atoms with Gasteiger partial charge in [-0.1, -0.05) is 24.4 Å². The summed E-state index contributed by atoms with van der Waals surface area (Å²) >= 11 is 11.4. The fourth-order valence-electron chi connectivity index (χ4n) is 2.89. The highest BCUT2D eigenvalue weighted by Gasteiger charge is 2.40. The zero-order valence-corrected chi connectivity index (χ0v) is 12.4. The summed E-state index contributed by atoms with van der Waals surface area (Å²) in [6, 6.07) is 7.75. The van der Waals surface area contributed by atoms with Crippen molar-refractivity contribution in [3.8, 4) is 0 Å². The number of hydrazine groups is 1. The fourth-order valence-corrected chi connectivity index (χ4v) is 3.37. The van der Waals surface area contributed by atoms with Crippen LogP contribution >= 0.6 is 23.8 Å². The van der Waals surface area contributed by atoms with Crippen molar-refractivity contribution < 1.29 is 0 Å². The highest BCUT2D eigenvalue weighted by atomic mass is 35.5. The third-order valence-corrected chi connectivity index (χ3v) is 4.45. The van der Waals surface area contributed by atoms with Crippen LogP contribution in [0.15, 0.2) is 24.3 Å². The van der Waals surface area contributed by atoms with E-state index in [1.54, 1.807) is 0 Å². The molecule has 0 unspecified atom stereocenters. The molecule has 2 aliphatic rings. The second-order valence-corrected chi connectivity index (χ2v) is 6.17. The molecular formula is C14H18ClN3S. The van der Waals surface area contributed by atoms with E-state index >= 15 is 0 Å². The summed E-state index contributed by atoms with van der Waals surface area (Å²) in [4.78, 5) is 0. The Labute approximate surface area is 124 Å². The third-order valence-electron chi connectivity index (χ3n) is 3.92. The van der Waals surface area contributed by atoms with Crippen LogP contribution < -0.4 is 15.8 Å². The van der Waals surface area contributed by atoms with Crippen molar-refractivity contribution in [2.75, 3.05) is 5.01 Å². The van der Waals surface area contributed by atoms with E-state index in [1.165, 1.54) is 25.7 Å². The van der Waals surface area contributed by atoms with Gasteiger partial charge in [0.1, 0.15) is 5.66 Å². The van der Waals surface area contributed by atoms with E-state index in [-0.39, 0.29) is 5.66 Å². The van der Waals surface area contributed by atoms with Crippen molar-refractivity contribution in [1.82, 2.24) is 10.7 Å². The van der Waals surface area contributed by atoms with E-state index in [9.17, 15) is 0 Å². The van der Waals surface area contributed by atoms with Crippen LogP contribution in [0.3, 0.4) is 0 Å². The molecule has 1 saturated carbocycles. The quantitative estimate of drug-likeness (QED) is 0.774. The van der Waals surface area contributed by atoms with E-state index in [2.05, 4.69) is 10.7 Å². The average Bonchev–Trinajstić information content (AvgIpc) is 2.58. The normalized spacial score (nSPS) is 22.4. The summed E-state index contributed by atoms with van der Waals surface area (Å²) in [6.07, 6.45) is 7.38. The molecule has 0 atom stereocenters. The van der Waals surface area contributed by atoms with Crippen LogP contribution in [0.5, 0.6) is 0 Å². The highest BCUT2D eigenvalue weighted by Crippen LogP contribution is 2.30. The molecule has 2 N–H and O–H groups in total. The Hall–Kier alpha value is -0.840. The minimum absolute atomic E-state index is 0.0484. The number of benzene rings is 1. The number of halogens is 1. The molecule has 102 valence electrons. The molecule has 1 saturated heterocycles. The minimum atomic E-state index is -0.0484. The van der Waals surface area contributed by atoms with Gasteiger partial charge < -0.3 is 5.32 Å². The minimum Gasteiger partial charge on any atom is -0.342 e. The van der Waals surface area contributed by atoms with Gasteiger partial charge in [-0.05, 0) is 62.2 Å². The predicted molar refractivity (Wildman–Crippen MR) is 83.2 cm³/mol. The molecule has 1 heterocycles. The molecule has 1 spiro atoms. The topological polar surface area (TPSA) is 27.3 Å². The third kappa shape index (κ3) is 2.71. The van der Waals surface area contributed by atoms with Crippen molar-refractivity contribution >= 4 is 34.6 Å². The summed E-state index contributed by atoms with van der Waals surface area (Å²) in [7, 11) is 0. The molecule has 1 aliphatic heterocycles. The van der Waals surface area contributed by atoms with Crippen LogP contribution in [0.2, 0.25) is 5.02 Å². The highest BCUT2D eigenvalue weighted by molar-refractivity contribution is 7.80. The van der Waals surface area contributed by atoms with Gasteiger partial charge in [0, 0.05) is 5.02 Å². The first kappa shape index (κ1) is 13.2. The Morgan fingerprint density at radius 3 is 2.32 bits per heavy atom. The Kier molecular flexibility index (Phi) is 3.65. The molecule has 19 heavy (non-hydrogen) atoms. The van der Waals surface area contributed by atoms with E-state index < -0.39 is 0 Å². The first-order chi connectivity index (χ1) is 9.19. The maximum absolute atomic E-state index is 5.93. The van der Waals surface area contributed by atoms with Crippen LogP contribution in [0.25, 0.3) is 0 Å². The smallest absolute Gasteiger partial charge is 0.189 e. The zero-order valence-electron chi connectivity index (χ0n) is 10.8. The summed E-state index contributed by atoms with van der Waals surface area (Å²) in [5.41, 5.74) is 4.55. The molecule has 3 nitrogen and oxygen atoms in total. The molecule has 1 aromatic carbocycles. The Morgan fingerprint density at radius 2 is 1.68 bits per heavy atom. The summed E-state index contributed by atoms with van der Waals surface area (Å²) in [5, 5.41) is 6.95. The molecule has 3 rings (SSSR count). The largest absolute Gasteiger partial charge is 0.342 e. The van der Waals surface area contributed by atoms with E-state index in [1.807, 2.05) is 29.3 Å². The number of rotatable bonds is 1. The molecular weight excluding hydrogens is 278 g/mol. The SMILES string of the molecule is S=C1NC2(CCCCCC2)NN1c1ccc(Cl)cc1. The molecule has 0 amide bonds. The van der Waals surface area contributed by atoms with Crippen LogP contribution in [0.4, 0.5) is 5.69 Å². The molecule has 1 aromatic rings. The first-order valence-corrected chi connectivity index (χ1v) is 7.63. The van der Waals surface area contributed by atoms with E-state index in [4.69, 9.17) is 23.8 Å². The lowest BCUT2D eigenvalue weighted by molar-refractivity contribution is 0.296. The van der Waals surface area contributed by atoms with Gasteiger partial charge in [0.05, 0.1) is 5.69 Å². The zero-order chi connectivity index (χ0) is 13.3. The van der Waals surface area contributed by atoms with E-state index in [0.29, 0.717) is 0 Å². The van der Waals surface area contributed by atoms with E-state index in [0.717, 1.165) is 28.7 Å². The first-order valence-electron chi connectivity index (χ1n) is 6.84. The monoisotopic (exact) mass is 295 g/mol. The van der Waals surface area contributed by atoms with Crippen LogP contribution in [0.1, 0.15) is 38.5 Å². The molecule has 0 aromatic heterocycles. The molecule has 1 aliphatic carbocycles. The number of hydrogen-bond acceptors (Lipinski definition) is 2. The van der Waals surface area contributed by atoms with Crippen molar-refractivity contribution in [2.24, 2.45) is 0 Å². The van der Waals surface area contributed by atoms with Crippen LogP contribution in [0, 0.1) is 0 Å². The molecule has 0 radical (unpaired) electrons. The fraction of sp³-hybridized carbons (Fsp3) is 0.500.